The molecule has 0 aromatic rings. The Balaban J connectivity index is 0.00000289. The lowest BCUT2D eigenvalue weighted by molar-refractivity contribution is -0.123. The molecule has 108 valence electrons. The van der Waals surface area contributed by atoms with Crippen LogP contribution in [-0.4, -0.2) is 43.0 Å². The molecule has 4 nitrogen and oxygen atoms in total. The topological polar surface area (TPSA) is 58.4 Å². The molecule has 0 heterocycles. The van der Waals surface area contributed by atoms with Crippen molar-refractivity contribution in [1.82, 2.24) is 10.2 Å². The highest BCUT2D eigenvalue weighted by atomic mass is 35.5. The van der Waals surface area contributed by atoms with E-state index in [1.807, 2.05) is 14.0 Å². The molecule has 5 heteroatoms. The van der Waals surface area contributed by atoms with Crippen molar-refractivity contribution < 1.29 is 4.79 Å². The Morgan fingerprint density at radius 3 is 2.33 bits per heavy atom. The monoisotopic (exact) mass is 277 g/mol. The van der Waals surface area contributed by atoms with Crippen LogP contribution in [0.1, 0.15) is 33.6 Å². The summed E-state index contributed by atoms with van der Waals surface area (Å²) in [5.74, 6) is 1.28. The van der Waals surface area contributed by atoms with Crippen molar-refractivity contribution in [3.8, 4) is 0 Å². The van der Waals surface area contributed by atoms with E-state index in [0.29, 0.717) is 31.0 Å². The van der Waals surface area contributed by atoms with Gasteiger partial charge in [0.2, 0.25) is 5.91 Å². The first-order valence-corrected chi connectivity index (χ1v) is 6.65. The fourth-order valence-corrected chi connectivity index (χ4v) is 2.02. The minimum Gasteiger partial charge on any atom is -0.352 e. The fourth-order valence-electron chi connectivity index (χ4n) is 2.02. The van der Waals surface area contributed by atoms with Gasteiger partial charge in [-0.1, -0.05) is 13.8 Å². The predicted octanol–water partition coefficient (Wildman–Crippen LogP) is 1.24. The van der Waals surface area contributed by atoms with Crippen LogP contribution in [0.2, 0.25) is 0 Å². The van der Waals surface area contributed by atoms with Gasteiger partial charge in [-0.15, -0.1) is 12.4 Å². The zero-order valence-electron chi connectivity index (χ0n) is 12.0. The van der Waals surface area contributed by atoms with Crippen LogP contribution < -0.4 is 11.1 Å². The maximum Gasteiger partial charge on any atom is 0.234 e. The molecule has 0 bridgehead atoms. The third-order valence-corrected chi connectivity index (χ3v) is 3.76. The number of halogens is 1. The minimum atomic E-state index is 0. The molecule has 0 aromatic carbocycles. The summed E-state index contributed by atoms with van der Waals surface area (Å²) >= 11 is 0. The number of carbonyl (C=O) groups excluding carboxylic acids is 1. The Morgan fingerprint density at radius 2 is 1.94 bits per heavy atom. The van der Waals surface area contributed by atoms with Crippen molar-refractivity contribution in [3.05, 3.63) is 0 Å². The Hall–Kier alpha value is -0.320. The fraction of sp³-hybridized carbons (Fsp3) is 0.923. The van der Waals surface area contributed by atoms with Gasteiger partial charge >= 0.3 is 0 Å². The standard InChI is InChI=1S/C13H27N3O.ClH/c1-9(2)10(3)15-13(17)8-16(4)12(7-14)11-5-6-11;/h9-12H,5-8,14H2,1-4H3,(H,15,17);1H. The minimum absolute atomic E-state index is 0. The molecular formula is C13H28ClN3O. The number of rotatable bonds is 7. The van der Waals surface area contributed by atoms with Crippen LogP contribution in [0, 0.1) is 11.8 Å². The lowest BCUT2D eigenvalue weighted by Crippen LogP contribution is -2.47. The van der Waals surface area contributed by atoms with Gasteiger partial charge in [0.1, 0.15) is 0 Å². The highest BCUT2D eigenvalue weighted by Gasteiger charge is 2.33. The number of nitrogens with zero attached hydrogens (tertiary/aromatic N) is 1. The summed E-state index contributed by atoms with van der Waals surface area (Å²) in [4.78, 5) is 13.9. The largest absolute Gasteiger partial charge is 0.352 e. The zero-order valence-corrected chi connectivity index (χ0v) is 12.8. The van der Waals surface area contributed by atoms with E-state index in [4.69, 9.17) is 5.73 Å². The van der Waals surface area contributed by atoms with E-state index in [0.717, 1.165) is 0 Å². The lowest BCUT2D eigenvalue weighted by Gasteiger charge is -2.27. The van der Waals surface area contributed by atoms with Gasteiger partial charge in [0.15, 0.2) is 0 Å². The van der Waals surface area contributed by atoms with Gasteiger partial charge in [0.05, 0.1) is 6.54 Å². The summed E-state index contributed by atoms with van der Waals surface area (Å²) in [5, 5.41) is 3.03. The smallest absolute Gasteiger partial charge is 0.234 e. The second-order valence-corrected chi connectivity index (χ2v) is 5.66. The molecule has 0 aliphatic heterocycles. The molecule has 3 N–H and O–H groups in total. The van der Waals surface area contributed by atoms with Crippen molar-refractivity contribution in [2.45, 2.75) is 45.7 Å². The summed E-state index contributed by atoms with van der Waals surface area (Å²) < 4.78 is 0. The molecule has 2 atom stereocenters. The predicted molar refractivity (Wildman–Crippen MR) is 77.9 cm³/mol. The van der Waals surface area contributed by atoms with Crippen molar-refractivity contribution in [1.29, 1.82) is 0 Å². The molecule has 18 heavy (non-hydrogen) atoms. The van der Waals surface area contributed by atoms with Gasteiger partial charge < -0.3 is 11.1 Å². The first-order chi connectivity index (χ1) is 7.95. The molecule has 0 spiro atoms. The van der Waals surface area contributed by atoms with Crippen molar-refractivity contribution in [2.75, 3.05) is 20.1 Å². The first-order valence-electron chi connectivity index (χ1n) is 6.65. The molecule has 0 saturated heterocycles. The van der Waals surface area contributed by atoms with E-state index >= 15 is 0 Å². The van der Waals surface area contributed by atoms with Crippen LogP contribution in [0.25, 0.3) is 0 Å². The molecule has 1 rings (SSSR count). The second kappa shape index (κ2) is 7.97. The molecule has 1 saturated carbocycles. The van der Waals surface area contributed by atoms with Crippen LogP contribution in [0.3, 0.4) is 0 Å². The van der Waals surface area contributed by atoms with Crippen molar-refractivity contribution in [2.24, 2.45) is 17.6 Å². The van der Waals surface area contributed by atoms with Gasteiger partial charge in [-0.3, -0.25) is 9.69 Å². The van der Waals surface area contributed by atoms with Gasteiger partial charge in [-0.25, -0.2) is 0 Å². The lowest BCUT2D eigenvalue weighted by atomic mass is 10.1. The zero-order chi connectivity index (χ0) is 13.0. The van der Waals surface area contributed by atoms with E-state index in [1.165, 1.54) is 12.8 Å². The summed E-state index contributed by atoms with van der Waals surface area (Å²) in [6.07, 6.45) is 2.52. The molecular weight excluding hydrogens is 250 g/mol. The summed E-state index contributed by atoms with van der Waals surface area (Å²) in [7, 11) is 2.00. The van der Waals surface area contributed by atoms with E-state index in [2.05, 4.69) is 24.1 Å². The Bertz CT molecular complexity index is 257. The van der Waals surface area contributed by atoms with E-state index in [-0.39, 0.29) is 24.4 Å². The molecule has 1 aliphatic rings. The Morgan fingerprint density at radius 1 is 1.39 bits per heavy atom. The molecule has 2 unspecified atom stereocenters. The van der Waals surface area contributed by atoms with Gasteiger partial charge in [0, 0.05) is 18.6 Å². The van der Waals surface area contributed by atoms with Crippen molar-refractivity contribution >= 4 is 18.3 Å². The molecule has 1 fully saturated rings. The summed E-state index contributed by atoms with van der Waals surface area (Å²) in [6.45, 7) is 7.37. The molecule has 1 aliphatic carbocycles. The number of amides is 1. The highest BCUT2D eigenvalue weighted by Crippen LogP contribution is 2.34. The van der Waals surface area contributed by atoms with Crippen LogP contribution in [0.5, 0.6) is 0 Å². The average molecular weight is 278 g/mol. The summed E-state index contributed by atoms with van der Waals surface area (Å²) in [5.41, 5.74) is 5.77. The quantitative estimate of drug-likeness (QED) is 0.736. The Kier molecular flexibility index (Phi) is 7.83. The Labute approximate surface area is 117 Å². The van der Waals surface area contributed by atoms with Gasteiger partial charge in [-0.05, 0) is 38.6 Å². The summed E-state index contributed by atoms with van der Waals surface area (Å²) in [6, 6.07) is 0.600. The third-order valence-electron chi connectivity index (χ3n) is 3.76. The van der Waals surface area contributed by atoms with Crippen LogP contribution >= 0.6 is 12.4 Å². The first kappa shape index (κ1) is 17.7. The third kappa shape index (κ3) is 5.55. The molecule has 0 aromatic heterocycles. The number of likely N-dealkylation sites (N-methyl/N-ethyl adjacent to an activating group) is 1. The maximum atomic E-state index is 11.8. The van der Waals surface area contributed by atoms with E-state index in [1.54, 1.807) is 0 Å². The number of hydrogen-bond acceptors (Lipinski definition) is 3. The van der Waals surface area contributed by atoms with Crippen LogP contribution in [0.15, 0.2) is 0 Å². The number of nitrogens with two attached hydrogens (primary N) is 1. The van der Waals surface area contributed by atoms with Crippen LogP contribution in [-0.2, 0) is 4.79 Å². The maximum absolute atomic E-state index is 11.8. The van der Waals surface area contributed by atoms with Gasteiger partial charge in [-0.2, -0.15) is 0 Å². The van der Waals surface area contributed by atoms with E-state index in [9.17, 15) is 4.79 Å². The SMILES string of the molecule is CC(C)C(C)NC(=O)CN(C)C(CN)C1CC1.Cl. The average Bonchev–Trinajstić information content (AvgIpc) is 3.02. The highest BCUT2D eigenvalue weighted by molar-refractivity contribution is 5.85. The number of nitrogens with one attached hydrogen (secondary N) is 1. The van der Waals surface area contributed by atoms with Crippen LogP contribution in [0.4, 0.5) is 0 Å². The molecule has 0 radical (unpaired) electrons. The van der Waals surface area contributed by atoms with E-state index < -0.39 is 0 Å². The number of hydrogen-bond donors (Lipinski definition) is 2. The van der Waals surface area contributed by atoms with Crippen molar-refractivity contribution in [3.63, 3.8) is 0 Å². The normalized spacial score (nSPS) is 18.4. The van der Waals surface area contributed by atoms with Gasteiger partial charge in [0.25, 0.3) is 0 Å². The number of carbonyl (C=O) groups is 1. The molecule has 1 amide bonds. The second-order valence-electron chi connectivity index (χ2n) is 5.66.